The summed E-state index contributed by atoms with van der Waals surface area (Å²) in [5.41, 5.74) is 2.92. The van der Waals surface area contributed by atoms with E-state index in [1.807, 2.05) is 0 Å². The minimum Gasteiger partial charge on any atom is -0.355 e. The van der Waals surface area contributed by atoms with Crippen LogP contribution in [-0.2, 0) is 22.3 Å². The van der Waals surface area contributed by atoms with Gasteiger partial charge in [-0.3, -0.25) is 0 Å². The molecule has 0 radical (unpaired) electrons. The number of ether oxygens (including phenoxy) is 2. The van der Waals surface area contributed by atoms with Gasteiger partial charge in [0, 0.05) is 31.3 Å². The van der Waals surface area contributed by atoms with Gasteiger partial charge in [0.25, 0.3) is 0 Å². The molecule has 1 aliphatic carbocycles. The van der Waals surface area contributed by atoms with Crippen LogP contribution in [0.5, 0.6) is 0 Å². The average Bonchev–Trinajstić information content (AvgIpc) is 2.40. The van der Waals surface area contributed by atoms with E-state index in [0.29, 0.717) is 6.04 Å². The lowest BCUT2D eigenvalue weighted by Crippen LogP contribution is -2.40. The van der Waals surface area contributed by atoms with E-state index in [4.69, 9.17) is 9.47 Å². The molecule has 0 heterocycles. The summed E-state index contributed by atoms with van der Waals surface area (Å²) in [4.78, 5) is 0. The summed E-state index contributed by atoms with van der Waals surface area (Å²) in [6.07, 6.45) is 3.24. The van der Waals surface area contributed by atoms with E-state index in [0.717, 1.165) is 19.4 Å². The van der Waals surface area contributed by atoms with Crippen LogP contribution in [0.15, 0.2) is 22.7 Å². The smallest absolute Gasteiger partial charge is 0.169 e. The summed E-state index contributed by atoms with van der Waals surface area (Å²) in [6.45, 7) is 0.740. The molecule has 0 bridgehead atoms. The van der Waals surface area contributed by atoms with E-state index >= 15 is 0 Å². The summed E-state index contributed by atoms with van der Waals surface area (Å²) in [5.74, 6) is 0. The first-order chi connectivity index (χ1) is 8.72. The molecule has 1 atom stereocenters. The van der Waals surface area contributed by atoms with Crippen molar-refractivity contribution in [2.45, 2.75) is 31.6 Å². The molecule has 100 valence electrons. The molecule has 0 amide bonds. The molecule has 3 nitrogen and oxygen atoms in total. The van der Waals surface area contributed by atoms with Crippen LogP contribution in [0.2, 0.25) is 0 Å². The summed E-state index contributed by atoms with van der Waals surface area (Å²) in [6, 6.07) is 7.09. The molecule has 0 aromatic heterocycles. The third-order valence-corrected chi connectivity index (χ3v) is 3.99. The summed E-state index contributed by atoms with van der Waals surface area (Å²) in [7, 11) is 3.34. The van der Waals surface area contributed by atoms with Gasteiger partial charge in [-0.15, -0.1) is 0 Å². The molecule has 4 heteroatoms. The molecular formula is C14H20BrNO2. The van der Waals surface area contributed by atoms with E-state index < -0.39 is 0 Å². The largest absolute Gasteiger partial charge is 0.355 e. The molecule has 0 aliphatic heterocycles. The van der Waals surface area contributed by atoms with Gasteiger partial charge in [0.05, 0.1) is 0 Å². The predicted molar refractivity (Wildman–Crippen MR) is 75.8 cm³/mol. The quantitative estimate of drug-likeness (QED) is 0.847. The van der Waals surface area contributed by atoms with Gasteiger partial charge in [0.1, 0.15) is 0 Å². The summed E-state index contributed by atoms with van der Waals surface area (Å²) in [5, 5.41) is 3.52. The highest BCUT2D eigenvalue weighted by Crippen LogP contribution is 2.24. The standard InChI is InChI=1S/C14H20BrNO2/c1-17-14(18-2)9-16-13-6-4-10-7-12(15)5-3-11(10)8-13/h3,5,7,13-14,16H,4,6,8-9H2,1-2H3. The van der Waals surface area contributed by atoms with Crippen molar-refractivity contribution in [1.29, 1.82) is 0 Å². The number of nitrogens with one attached hydrogen (secondary N) is 1. The van der Waals surface area contributed by atoms with Crippen molar-refractivity contribution >= 4 is 15.9 Å². The number of halogens is 1. The van der Waals surface area contributed by atoms with E-state index in [1.165, 1.54) is 22.0 Å². The molecule has 2 rings (SSSR count). The maximum Gasteiger partial charge on any atom is 0.169 e. The summed E-state index contributed by atoms with van der Waals surface area (Å²) < 4.78 is 11.5. The molecule has 0 fully saturated rings. The molecule has 1 aromatic rings. The minimum absolute atomic E-state index is 0.156. The number of benzene rings is 1. The third kappa shape index (κ3) is 3.54. The third-order valence-electron chi connectivity index (χ3n) is 3.50. The Hall–Kier alpha value is -0.420. The van der Waals surface area contributed by atoms with Gasteiger partial charge in [0.15, 0.2) is 6.29 Å². The second kappa shape index (κ2) is 6.66. The molecule has 1 N–H and O–H groups in total. The maximum atomic E-state index is 5.18. The molecule has 0 spiro atoms. The average molecular weight is 314 g/mol. The molecule has 18 heavy (non-hydrogen) atoms. The SMILES string of the molecule is COC(CNC1CCc2cc(Br)ccc2C1)OC. The normalized spacial score (nSPS) is 19.0. The molecule has 1 aromatic carbocycles. The van der Waals surface area contributed by atoms with Crippen LogP contribution in [0.25, 0.3) is 0 Å². The number of hydrogen-bond acceptors (Lipinski definition) is 3. The highest BCUT2D eigenvalue weighted by atomic mass is 79.9. The minimum atomic E-state index is -0.156. The van der Waals surface area contributed by atoms with E-state index in [9.17, 15) is 0 Å². The van der Waals surface area contributed by atoms with Gasteiger partial charge in [-0.25, -0.2) is 0 Å². The molecular weight excluding hydrogens is 294 g/mol. The second-order valence-electron chi connectivity index (χ2n) is 4.66. The lowest BCUT2D eigenvalue weighted by molar-refractivity contribution is -0.1000. The van der Waals surface area contributed by atoms with Gasteiger partial charge in [-0.05, 0) is 42.5 Å². The van der Waals surface area contributed by atoms with Crippen molar-refractivity contribution in [3.05, 3.63) is 33.8 Å². The molecule has 1 unspecified atom stereocenters. The number of fused-ring (bicyclic) bond motifs is 1. The Balaban J connectivity index is 1.90. The van der Waals surface area contributed by atoms with Crippen LogP contribution < -0.4 is 5.32 Å². The van der Waals surface area contributed by atoms with Gasteiger partial charge in [0.2, 0.25) is 0 Å². The van der Waals surface area contributed by atoms with Crippen LogP contribution in [0.1, 0.15) is 17.5 Å². The Kier molecular flexibility index (Phi) is 5.18. The summed E-state index contributed by atoms with van der Waals surface area (Å²) >= 11 is 3.53. The van der Waals surface area contributed by atoms with Crippen LogP contribution >= 0.6 is 15.9 Å². The molecule has 0 saturated carbocycles. The zero-order valence-electron chi connectivity index (χ0n) is 10.9. The van der Waals surface area contributed by atoms with Crippen molar-refractivity contribution in [3.63, 3.8) is 0 Å². The van der Waals surface area contributed by atoms with E-state index in [-0.39, 0.29) is 6.29 Å². The van der Waals surface area contributed by atoms with E-state index in [1.54, 1.807) is 14.2 Å². The number of rotatable bonds is 5. The Morgan fingerprint density at radius 1 is 1.33 bits per heavy atom. The van der Waals surface area contributed by atoms with E-state index in [2.05, 4.69) is 39.4 Å². The first-order valence-electron chi connectivity index (χ1n) is 6.29. The zero-order valence-corrected chi connectivity index (χ0v) is 12.5. The fourth-order valence-electron chi connectivity index (χ4n) is 2.42. The lowest BCUT2D eigenvalue weighted by Gasteiger charge is -2.27. The zero-order chi connectivity index (χ0) is 13.0. The fraction of sp³-hybridized carbons (Fsp3) is 0.571. The maximum absolute atomic E-state index is 5.18. The van der Waals surface area contributed by atoms with Crippen molar-refractivity contribution in [2.24, 2.45) is 0 Å². The van der Waals surface area contributed by atoms with Crippen LogP contribution in [-0.4, -0.2) is 33.1 Å². The Labute approximate surface area is 117 Å². The fourth-order valence-corrected chi connectivity index (χ4v) is 2.83. The number of hydrogen-bond donors (Lipinski definition) is 1. The van der Waals surface area contributed by atoms with Crippen molar-refractivity contribution in [2.75, 3.05) is 20.8 Å². The molecule has 0 saturated heterocycles. The van der Waals surface area contributed by atoms with Crippen molar-refractivity contribution in [3.8, 4) is 0 Å². The first-order valence-corrected chi connectivity index (χ1v) is 7.08. The Bertz CT molecular complexity index is 393. The Morgan fingerprint density at radius 2 is 2.11 bits per heavy atom. The lowest BCUT2D eigenvalue weighted by atomic mass is 9.88. The molecule has 1 aliphatic rings. The highest BCUT2D eigenvalue weighted by molar-refractivity contribution is 9.10. The number of aryl methyl sites for hydroxylation is 1. The van der Waals surface area contributed by atoms with Gasteiger partial charge in [-0.1, -0.05) is 22.0 Å². The topological polar surface area (TPSA) is 30.5 Å². The number of methoxy groups -OCH3 is 2. The highest BCUT2D eigenvalue weighted by Gasteiger charge is 2.19. The first kappa shape index (κ1) is 14.0. The predicted octanol–water partition coefficient (Wildman–Crippen LogP) is 2.51. The second-order valence-corrected chi connectivity index (χ2v) is 5.58. The Morgan fingerprint density at radius 3 is 2.83 bits per heavy atom. The van der Waals surface area contributed by atoms with Crippen molar-refractivity contribution < 1.29 is 9.47 Å². The monoisotopic (exact) mass is 313 g/mol. The van der Waals surface area contributed by atoms with Gasteiger partial charge in [-0.2, -0.15) is 0 Å². The van der Waals surface area contributed by atoms with Gasteiger partial charge >= 0.3 is 0 Å². The van der Waals surface area contributed by atoms with Crippen molar-refractivity contribution in [1.82, 2.24) is 5.32 Å². The van der Waals surface area contributed by atoms with Crippen LogP contribution in [0, 0.1) is 0 Å². The van der Waals surface area contributed by atoms with Gasteiger partial charge < -0.3 is 14.8 Å². The van der Waals surface area contributed by atoms with Crippen LogP contribution in [0.3, 0.4) is 0 Å². The van der Waals surface area contributed by atoms with Crippen LogP contribution in [0.4, 0.5) is 0 Å².